The number of halogens is 1. The fourth-order valence-corrected chi connectivity index (χ4v) is 4.68. The third kappa shape index (κ3) is 5.55. The van der Waals surface area contributed by atoms with Crippen LogP contribution in [0.3, 0.4) is 0 Å². The van der Waals surface area contributed by atoms with E-state index in [2.05, 4.69) is 13.0 Å². The van der Waals surface area contributed by atoms with E-state index in [4.69, 9.17) is 26.1 Å². The number of carbonyl (C=O) groups is 1. The number of carbonyl (C=O) groups excluding carboxylic acids is 1. The molecule has 7 heteroatoms. The summed E-state index contributed by atoms with van der Waals surface area (Å²) in [5.74, 6) is 1.34. The van der Waals surface area contributed by atoms with Crippen LogP contribution in [0, 0.1) is 6.92 Å². The summed E-state index contributed by atoms with van der Waals surface area (Å²) >= 11 is 6.00. The van der Waals surface area contributed by atoms with Crippen LogP contribution in [-0.2, 0) is 29.1 Å². The quantitative estimate of drug-likeness (QED) is 0.257. The molecule has 1 aromatic heterocycles. The molecule has 6 nitrogen and oxygen atoms in total. The summed E-state index contributed by atoms with van der Waals surface area (Å²) in [4.78, 5) is 20.7. The summed E-state index contributed by atoms with van der Waals surface area (Å²) in [5.41, 5.74) is 4.86. The van der Waals surface area contributed by atoms with Gasteiger partial charge in [-0.1, -0.05) is 48.9 Å². The predicted octanol–water partition coefficient (Wildman–Crippen LogP) is 6.21. The molecule has 1 atom stereocenters. The molecule has 0 spiro atoms. The lowest BCUT2D eigenvalue weighted by Crippen LogP contribution is -2.44. The summed E-state index contributed by atoms with van der Waals surface area (Å²) in [6.07, 6.45) is 0.828. The molecule has 0 saturated carbocycles. The zero-order valence-electron chi connectivity index (χ0n) is 21.2. The molecular weight excluding hydrogens is 474 g/mol. The zero-order chi connectivity index (χ0) is 25.7. The predicted molar refractivity (Wildman–Crippen MR) is 145 cm³/mol. The van der Waals surface area contributed by atoms with Gasteiger partial charge in [-0.05, 0) is 67.8 Å². The Balaban J connectivity index is 1.70. The molecule has 0 saturated heterocycles. The molecule has 0 aliphatic heterocycles. The molecule has 1 unspecified atom stereocenters. The lowest BCUT2D eigenvalue weighted by Gasteiger charge is -2.32. The molecule has 3 aromatic carbocycles. The molecule has 0 radical (unpaired) electrons. The van der Waals surface area contributed by atoms with Crippen molar-refractivity contribution in [2.75, 3.05) is 18.6 Å². The van der Waals surface area contributed by atoms with E-state index in [0.29, 0.717) is 23.2 Å². The van der Waals surface area contributed by atoms with E-state index in [0.717, 1.165) is 34.3 Å². The molecule has 0 aliphatic rings. The number of nitrogens with zero attached hydrogens (tertiary/aromatic N) is 3. The van der Waals surface area contributed by atoms with Gasteiger partial charge in [-0.25, -0.2) is 4.98 Å². The minimum Gasteiger partial charge on any atom is -0.486 e. The highest BCUT2D eigenvalue weighted by Crippen LogP contribution is 2.29. The summed E-state index contributed by atoms with van der Waals surface area (Å²) in [7, 11) is 1.66. The molecular formula is C29H32ClN3O3. The maximum Gasteiger partial charge on any atom is 0.247 e. The highest BCUT2D eigenvalue weighted by Gasteiger charge is 2.27. The van der Waals surface area contributed by atoms with E-state index in [1.807, 2.05) is 71.8 Å². The Labute approximate surface area is 217 Å². The summed E-state index contributed by atoms with van der Waals surface area (Å²) < 4.78 is 13.4. The topological polar surface area (TPSA) is 56.6 Å². The van der Waals surface area contributed by atoms with Crippen molar-refractivity contribution in [2.24, 2.45) is 0 Å². The Hall–Kier alpha value is -3.35. The lowest BCUT2D eigenvalue weighted by molar-refractivity contribution is -0.119. The Morgan fingerprint density at radius 2 is 1.83 bits per heavy atom. The fourth-order valence-electron chi connectivity index (χ4n) is 4.56. The molecule has 188 valence electrons. The van der Waals surface area contributed by atoms with Crippen LogP contribution < -0.4 is 9.64 Å². The van der Waals surface area contributed by atoms with E-state index in [-0.39, 0.29) is 25.1 Å². The second kappa shape index (κ2) is 11.6. The van der Waals surface area contributed by atoms with Crippen LogP contribution in [0.5, 0.6) is 5.75 Å². The smallest absolute Gasteiger partial charge is 0.247 e. The number of rotatable bonds is 10. The van der Waals surface area contributed by atoms with Gasteiger partial charge in [-0.2, -0.15) is 0 Å². The molecule has 4 rings (SSSR count). The van der Waals surface area contributed by atoms with Crippen molar-refractivity contribution in [3.05, 3.63) is 88.7 Å². The molecule has 36 heavy (non-hydrogen) atoms. The third-order valence-electron chi connectivity index (χ3n) is 6.27. The lowest BCUT2D eigenvalue weighted by atomic mass is 10.0. The van der Waals surface area contributed by atoms with Crippen molar-refractivity contribution < 1.29 is 14.3 Å². The van der Waals surface area contributed by atoms with Gasteiger partial charge >= 0.3 is 0 Å². The van der Waals surface area contributed by atoms with Gasteiger partial charge in [0.05, 0.1) is 29.4 Å². The summed E-state index contributed by atoms with van der Waals surface area (Å²) in [5, 5.41) is 0.646. The minimum absolute atomic E-state index is 0.0283. The molecule has 4 aromatic rings. The van der Waals surface area contributed by atoms with Crippen LogP contribution in [0.25, 0.3) is 11.0 Å². The SMILES string of the molecule is CCc1cccc(C)c1N(C(=O)Cn1c(COc2ccc(Cl)cc2)nc2ccccc21)C(C)COC. The highest BCUT2D eigenvalue weighted by atomic mass is 35.5. The third-order valence-corrected chi connectivity index (χ3v) is 6.52. The highest BCUT2D eigenvalue weighted by molar-refractivity contribution is 6.30. The molecule has 0 bridgehead atoms. The Bertz CT molecular complexity index is 1330. The average Bonchev–Trinajstić information content (AvgIpc) is 3.22. The van der Waals surface area contributed by atoms with Crippen LogP contribution in [0.1, 0.15) is 30.8 Å². The zero-order valence-corrected chi connectivity index (χ0v) is 22.0. The maximum atomic E-state index is 14.0. The van der Waals surface area contributed by atoms with Crippen molar-refractivity contribution in [1.82, 2.24) is 9.55 Å². The molecule has 0 fully saturated rings. The van der Waals surface area contributed by atoms with Gasteiger partial charge in [0.2, 0.25) is 5.91 Å². The van der Waals surface area contributed by atoms with E-state index in [1.54, 1.807) is 19.2 Å². The first-order valence-electron chi connectivity index (χ1n) is 12.1. The van der Waals surface area contributed by atoms with Gasteiger partial charge < -0.3 is 18.9 Å². The van der Waals surface area contributed by atoms with Gasteiger partial charge in [-0.15, -0.1) is 0 Å². The first kappa shape index (κ1) is 25.7. The number of hydrogen-bond donors (Lipinski definition) is 0. The number of benzene rings is 3. The first-order valence-corrected chi connectivity index (χ1v) is 12.5. The van der Waals surface area contributed by atoms with Gasteiger partial charge in [-0.3, -0.25) is 4.79 Å². The Morgan fingerprint density at radius 1 is 1.08 bits per heavy atom. The van der Waals surface area contributed by atoms with Gasteiger partial charge in [0.1, 0.15) is 24.7 Å². The van der Waals surface area contributed by atoms with E-state index in [1.165, 1.54) is 0 Å². The Morgan fingerprint density at radius 3 is 2.56 bits per heavy atom. The van der Waals surface area contributed by atoms with Crippen molar-refractivity contribution in [1.29, 1.82) is 0 Å². The number of methoxy groups -OCH3 is 1. The molecule has 1 heterocycles. The number of aromatic nitrogens is 2. The normalized spacial score (nSPS) is 12.0. The number of amides is 1. The number of para-hydroxylation sites is 3. The van der Waals surface area contributed by atoms with Crippen LogP contribution in [0.2, 0.25) is 5.02 Å². The van der Waals surface area contributed by atoms with E-state index >= 15 is 0 Å². The fraction of sp³-hybridized carbons (Fsp3) is 0.310. The molecule has 0 N–H and O–H groups in total. The minimum atomic E-state index is -0.141. The van der Waals surface area contributed by atoms with Crippen LogP contribution in [0.4, 0.5) is 5.69 Å². The van der Waals surface area contributed by atoms with E-state index < -0.39 is 0 Å². The number of ether oxygens (including phenoxy) is 2. The standard InChI is InChI=1S/C29H32ClN3O3/c1-5-22-10-8-9-20(2)29(22)33(21(3)18-35-4)28(34)17-32-26-12-7-6-11-25(26)31-27(32)19-36-24-15-13-23(30)14-16-24/h6-16,21H,5,17-19H2,1-4H3. The van der Waals surface area contributed by atoms with Crippen molar-refractivity contribution >= 4 is 34.2 Å². The molecule has 1 amide bonds. The second-order valence-electron chi connectivity index (χ2n) is 8.85. The number of aryl methyl sites for hydroxylation is 2. The molecule has 0 aliphatic carbocycles. The van der Waals surface area contributed by atoms with Crippen LogP contribution in [-0.4, -0.2) is 35.2 Å². The van der Waals surface area contributed by atoms with Gasteiger partial charge in [0.25, 0.3) is 0 Å². The van der Waals surface area contributed by atoms with Crippen LogP contribution >= 0.6 is 11.6 Å². The van der Waals surface area contributed by atoms with Crippen molar-refractivity contribution in [3.63, 3.8) is 0 Å². The Kier molecular flexibility index (Phi) is 8.28. The number of anilines is 1. The first-order chi connectivity index (χ1) is 17.4. The number of imidazole rings is 1. The van der Waals surface area contributed by atoms with Gasteiger partial charge in [0.15, 0.2) is 0 Å². The maximum absolute atomic E-state index is 14.0. The van der Waals surface area contributed by atoms with Crippen molar-refractivity contribution in [2.45, 2.75) is 46.4 Å². The number of fused-ring (bicyclic) bond motifs is 1. The monoisotopic (exact) mass is 505 g/mol. The van der Waals surface area contributed by atoms with Gasteiger partial charge in [0, 0.05) is 12.1 Å². The largest absolute Gasteiger partial charge is 0.486 e. The van der Waals surface area contributed by atoms with E-state index in [9.17, 15) is 4.79 Å². The second-order valence-corrected chi connectivity index (χ2v) is 9.29. The van der Waals surface area contributed by atoms with Crippen molar-refractivity contribution in [3.8, 4) is 5.75 Å². The average molecular weight is 506 g/mol. The summed E-state index contributed by atoms with van der Waals surface area (Å²) in [6.45, 7) is 6.96. The van der Waals surface area contributed by atoms with Crippen LogP contribution in [0.15, 0.2) is 66.7 Å². The summed E-state index contributed by atoms with van der Waals surface area (Å²) in [6, 6.07) is 21.1. The number of hydrogen-bond acceptors (Lipinski definition) is 4.